The van der Waals surface area contributed by atoms with Crippen LogP contribution >= 0.6 is 0 Å². The molecule has 0 heterocycles. The largest absolute Gasteiger partial charge is 0.395 e. The highest BCUT2D eigenvalue weighted by molar-refractivity contribution is 5.94. The topological polar surface area (TPSA) is 40.5 Å². The van der Waals surface area contributed by atoms with Gasteiger partial charge in [-0.15, -0.1) is 6.58 Å². The van der Waals surface area contributed by atoms with E-state index < -0.39 is 0 Å². The van der Waals surface area contributed by atoms with Gasteiger partial charge in [0.2, 0.25) is 0 Å². The van der Waals surface area contributed by atoms with Gasteiger partial charge in [-0.1, -0.05) is 23.3 Å². The molecule has 1 N–H and O–H groups in total. The number of nitrogens with zero attached hydrogens (tertiary/aromatic N) is 1. The number of amides is 1. The van der Waals surface area contributed by atoms with Crippen molar-refractivity contribution in [3.05, 3.63) is 47.5 Å². The third kappa shape index (κ3) is 3.71. The fourth-order valence-electron chi connectivity index (χ4n) is 1.83. The van der Waals surface area contributed by atoms with Crippen molar-refractivity contribution in [2.45, 2.75) is 13.8 Å². The molecule has 3 nitrogen and oxygen atoms in total. The molecule has 0 saturated carbocycles. The average molecular weight is 233 g/mol. The maximum absolute atomic E-state index is 12.2. The maximum atomic E-state index is 12.2. The van der Waals surface area contributed by atoms with E-state index in [0.29, 0.717) is 18.7 Å². The molecule has 0 aliphatic carbocycles. The van der Waals surface area contributed by atoms with Crippen molar-refractivity contribution in [2.75, 3.05) is 19.7 Å². The number of aliphatic hydroxyl groups excluding tert-OH is 1. The van der Waals surface area contributed by atoms with Crippen LogP contribution in [0.25, 0.3) is 0 Å². The summed E-state index contributed by atoms with van der Waals surface area (Å²) < 4.78 is 0. The highest BCUT2D eigenvalue weighted by atomic mass is 16.3. The third-order valence-electron chi connectivity index (χ3n) is 2.48. The molecular weight excluding hydrogens is 214 g/mol. The van der Waals surface area contributed by atoms with Crippen molar-refractivity contribution in [1.82, 2.24) is 4.90 Å². The van der Waals surface area contributed by atoms with E-state index in [2.05, 4.69) is 6.58 Å². The van der Waals surface area contributed by atoms with Crippen LogP contribution in [-0.4, -0.2) is 35.6 Å². The summed E-state index contributed by atoms with van der Waals surface area (Å²) in [4.78, 5) is 13.8. The van der Waals surface area contributed by atoms with Gasteiger partial charge < -0.3 is 10.0 Å². The fraction of sp³-hybridized carbons (Fsp3) is 0.357. The summed E-state index contributed by atoms with van der Waals surface area (Å²) >= 11 is 0. The predicted octanol–water partition coefficient (Wildman–Crippen LogP) is 1.92. The lowest BCUT2D eigenvalue weighted by molar-refractivity contribution is 0.0742. The number of hydrogen-bond donors (Lipinski definition) is 1. The highest BCUT2D eigenvalue weighted by Crippen LogP contribution is 2.11. The Morgan fingerprint density at radius 3 is 2.41 bits per heavy atom. The Kier molecular flexibility index (Phi) is 4.91. The van der Waals surface area contributed by atoms with E-state index in [1.165, 1.54) is 0 Å². The number of carbonyl (C=O) groups is 1. The Morgan fingerprint density at radius 1 is 1.35 bits per heavy atom. The SMILES string of the molecule is C=CCN(CCO)C(=O)c1cc(C)cc(C)c1. The Hall–Kier alpha value is -1.61. The molecule has 0 spiro atoms. The van der Waals surface area contributed by atoms with Crippen LogP contribution in [0.1, 0.15) is 21.5 Å². The summed E-state index contributed by atoms with van der Waals surface area (Å²) in [6.45, 7) is 8.29. The van der Waals surface area contributed by atoms with Crippen LogP contribution in [-0.2, 0) is 0 Å². The molecule has 1 aromatic carbocycles. The van der Waals surface area contributed by atoms with Crippen LogP contribution in [0, 0.1) is 13.8 Å². The Morgan fingerprint density at radius 2 is 1.94 bits per heavy atom. The minimum atomic E-state index is -0.0641. The molecule has 0 saturated heterocycles. The zero-order valence-corrected chi connectivity index (χ0v) is 10.4. The second-order valence-corrected chi connectivity index (χ2v) is 4.14. The first-order valence-electron chi connectivity index (χ1n) is 5.67. The number of benzene rings is 1. The van der Waals surface area contributed by atoms with Crippen molar-refractivity contribution in [2.24, 2.45) is 0 Å². The lowest BCUT2D eigenvalue weighted by Gasteiger charge is -2.20. The van der Waals surface area contributed by atoms with Gasteiger partial charge in [0, 0.05) is 18.7 Å². The molecule has 0 atom stereocenters. The fourth-order valence-corrected chi connectivity index (χ4v) is 1.83. The van der Waals surface area contributed by atoms with Crippen molar-refractivity contribution in [1.29, 1.82) is 0 Å². The number of aliphatic hydroxyl groups is 1. The zero-order chi connectivity index (χ0) is 12.8. The second kappa shape index (κ2) is 6.21. The minimum Gasteiger partial charge on any atom is -0.395 e. The number of carbonyl (C=O) groups excluding carboxylic acids is 1. The van der Waals surface area contributed by atoms with Crippen LogP contribution < -0.4 is 0 Å². The summed E-state index contributed by atoms with van der Waals surface area (Å²) in [7, 11) is 0. The van der Waals surface area contributed by atoms with Crippen LogP contribution in [0.5, 0.6) is 0 Å². The summed E-state index contributed by atoms with van der Waals surface area (Å²) in [6, 6.07) is 5.76. The molecular formula is C14H19NO2. The molecule has 1 rings (SSSR count). The van der Waals surface area contributed by atoms with Crippen LogP contribution in [0.3, 0.4) is 0 Å². The summed E-state index contributed by atoms with van der Waals surface area (Å²) in [5.41, 5.74) is 2.80. The first-order valence-corrected chi connectivity index (χ1v) is 5.67. The molecule has 17 heavy (non-hydrogen) atoms. The monoisotopic (exact) mass is 233 g/mol. The molecule has 0 fully saturated rings. The molecule has 0 radical (unpaired) electrons. The van der Waals surface area contributed by atoms with E-state index in [0.717, 1.165) is 11.1 Å². The quantitative estimate of drug-likeness (QED) is 0.789. The first-order chi connectivity index (χ1) is 8.08. The van der Waals surface area contributed by atoms with Crippen LogP contribution in [0.15, 0.2) is 30.9 Å². The van der Waals surface area contributed by atoms with E-state index >= 15 is 0 Å². The number of hydrogen-bond acceptors (Lipinski definition) is 2. The molecule has 1 amide bonds. The van der Waals surface area contributed by atoms with Gasteiger partial charge in [0.25, 0.3) is 5.91 Å². The van der Waals surface area contributed by atoms with Gasteiger partial charge >= 0.3 is 0 Å². The van der Waals surface area contributed by atoms with Gasteiger partial charge in [0.15, 0.2) is 0 Å². The molecule has 92 valence electrons. The van der Waals surface area contributed by atoms with Gasteiger partial charge in [-0.05, 0) is 26.0 Å². The Bertz CT molecular complexity index is 392. The minimum absolute atomic E-state index is 0.0373. The van der Waals surface area contributed by atoms with Gasteiger partial charge in [-0.25, -0.2) is 0 Å². The summed E-state index contributed by atoms with van der Waals surface area (Å²) in [5, 5.41) is 8.94. The predicted molar refractivity (Wildman–Crippen MR) is 69.1 cm³/mol. The van der Waals surface area contributed by atoms with Gasteiger partial charge in [0.05, 0.1) is 6.61 Å². The van der Waals surface area contributed by atoms with E-state index in [1.54, 1.807) is 11.0 Å². The number of aryl methyl sites for hydroxylation is 2. The second-order valence-electron chi connectivity index (χ2n) is 4.14. The summed E-state index contributed by atoms with van der Waals surface area (Å²) in [6.07, 6.45) is 1.66. The lowest BCUT2D eigenvalue weighted by atomic mass is 10.1. The molecule has 0 aromatic heterocycles. The van der Waals surface area contributed by atoms with Gasteiger partial charge in [-0.3, -0.25) is 4.79 Å². The molecule has 1 aromatic rings. The Balaban J connectivity index is 2.95. The maximum Gasteiger partial charge on any atom is 0.254 e. The zero-order valence-electron chi connectivity index (χ0n) is 10.4. The van der Waals surface area contributed by atoms with E-state index in [1.807, 2.05) is 32.0 Å². The lowest BCUT2D eigenvalue weighted by Crippen LogP contribution is -2.33. The van der Waals surface area contributed by atoms with E-state index in [4.69, 9.17) is 5.11 Å². The normalized spacial score (nSPS) is 10.1. The van der Waals surface area contributed by atoms with Crippen molar-refractivity contribution in [3.63, 3.8) is 0 Å². The van der Waals surface area contributed by atoms with Crippen molar-refractivity contribution in [3.8, 4) is 0 Å². The van der Waals surface area contributed by atoms with E-state index in [9.17, 15) is 4.79 Å². The molecule has 0 unspecified atom stereocenters. The van der Waals surface area contributed by atoms with Crippen molar-refractivity contribution >= 4 is 5.91 Å². The summed E-state index contributed by atoms with van der Waals surface area (Å²) in [5.74, 6) is -0.0641. The van der Waals surface area contributed by atoms with E-state index in [-0.39, 0.29) is 12.5 Å². The van der Waals surface area contributed by atoms with Crippen LogP contribution in [0.4, 0.5) is 0 Å². The smallest absolute Gasteiger partial charge is 0.254 e. The Labute approximate surface area is 102 Å². The van der Waals surface area contributed by atoms with Crippen LogP contribution in [0.2, 0.25) is 0 Å². The van der Waals surface area contributed by atoms with Gasteiger partial charge in [-0.2, -0.15) is 0 Å². The first kappa shape index (κ1) is 13.5. The average Bonchev–Trinajstić information content (AvgIpc) is 2.26. The molecule has 0 aliphatic rings. The molecule has 3 heteroatoms. The number of rotatable bonds is 5. The third-order valence-corrected chi connectivity index (χ3v) is 2.48. The van der Waals surface area contributed by atoms with Gasteiger partial charge in [0.1, 0.15) is 0 Å². The standard InChI is InChI=1S/C14H19NO2/c1-4-5-15(6-7-16)14(17)13-9-11(2)8-12(3)10-13/h4,8-10,16H,1,5-7H2,2-3H3. The molecule has 0 bridgehead atoms. The highest BCUT2D eigenvalue weighted by Gasteiger charge is 2.14. The van der Waals surface area contributed by atoms with Crippen molar-refractivity contribution < 1.29 is 9.90 Å². The molecule has 0 aliphatic heterocycles.